The molecule has 0 aliphatic heterocycles. The molecule has 2 aromatic carbocycles. The number of hydrogen-bond acceptors (Lipinski definition) is 4. The van der Waals surface area contributed by atoms with Crippen LogP contribution in [-0.4, -0.2) is 30.7 Å². The topological polar surface area (TPSA) is 53.6 Å². The molecule has 0 atom stereocenters. The van der Waals surface area contributed by atoms with E-state index in [0.29, 0.717) is 22.9 Å². The summed E-state index contributed by atoms with van der Waals surface area (Å²) in [5, 5.41) is 6.28. The molecule has 0 saturated carbocycles. The average molecular weight is 406 g/mol. The zero-order chi connectivity index (χ0) is 19.8. The third-order valence-corrected chi connectivity index (χ3v) is 4.47. The van der Waals surface area contributed by atoms with Crippen LogP contribution in [0.15, 0.2) is 42.5 Å². The molecule has 144 valence electrons. The monoisotopic (exact) mass is 405 g/mol. The molecule has 0 aliphatic carbocycles. The Morgan fingerprint density at radius 3 is 2.33 bits per heavy atom. The van der Waals surface area contributed by atoms with Gasteiger partial charge in [-0.05, 0) is 75.5 Å². The highest BCUT2D eigenvalue weighted by molar-refractivity contribution is 7.80. The van der Waals surface area contributed by atoms with Crippen molar-refractivity contribution in [2.45, 2.75) is 20.8 Å². The second kappa shape index (κ2) is 10.1. The number of amides is 1. The molecule has 7 heteroatoms. The minimum absolute atomic E-state index is 0.223. The van der Waals surface area contributed by atoms with Gasteiger partial charge in [-0.25, -0.2) is 0 Å². The Hall–Kier alpha value is -2.31. The zero-order valence-corrected chi connectivity index (χ0v) is 17.3. The van der Waals surface area contributed by atoms with Crippen molar-refractivity contribution in [3.8, 4) is 5.75 Å². The Morgan fingerprint density at radius 1 is 1.11 bits per heavy atom. The van der Waals surface area contributed by atoms with Crippen LogP contribution in [0.4, 0.5) is 11.4 Å². The molecule has 27 heavy (non-hydrogen) atoms. The van der Waals surface area contributed by atoms with Crippen molar-refractivity contribution in [2.24, 2.45) is 0 Å². The van der Waals surface area contributed by atoms with E-state index in [2.05, 4.69) is 29.4 Å². The molecule has 0 aromatic heterocycles. The summed E-state index contributed by atoms with van der Waals surface area (Å²) in [5.41, 5.74) is 2.36. The first-order valence-electron chi connectivity index (χ1n) is 8.88. The van der Waals surface area contributed by atoms with Crippen molar-refractivity contribution in [2.75, 3.05) is 29.9 Å². The van der Waals surface area contributed by atoms with E-state index in [1.807, 2.05) is 31.2 Å². The van der Waals surface area contributed by atoms with Gasteiger partial charge in [0, 0.05) is 30.0 Å². The van der Waals surface area contributed by atoms with Crippen molar-refractivity contribution in [1.82, 2.24) is 5.32 Å². The largest absolute Gasteiger partial charge is 0.492 e. The van der Waals surface area contributed by atoms with Crippen LogP contribution >= 0.6 is 23.8 Å². The summed E-state index contributed by atoms with van der Waals surface area (Å²) in [6.45, 7) is 8.51. The van der Waals surface area contributed by atoms with Gasteiger partial charge in [-0.1, -0.05) is 11.6 Å². The van der Waals surface area contributed by atoms with Gasteiger partial charge in [0.15, 0.2) is 5.11 Å². The first-order chi connectivity index (χ1) is 13.0. The molecule has 0 unspecified atom stereocenters. The average Bonchev–Trinajstić information content (AvgIpc) is 2.65. The van der Waals surface area contributed by atoms with Crippen LogP contribution in [-0.2, 0) is 0 Å². The fraction of sp³-hybridized carbons (Fsp3) is 0.300. The van der Waals surface area contributed by atoms with Crippen molar-refractivity contribution in [1.29, 1.82) is 0 Å². The lowest BCUT2D eigenvalue weighted by molar-refractivity contribution is 0.0977. The normalized spacial score (nSPS) is 10.2. The minimum Gasteiger partial charge on any atom is -0.492 e. The van der Waals surface area contributed by atoms with Gasteiger partial charge in [0.05, 0.1) is 11.6 Å². The Bertz CT molecular complexity index is 792. The zero-order valence-electron chi connectivity index (χ0n) is 15.7. The van der Waals surface area contributed by atoms with Crippen LogP contribution in [0.2, 0.25) is 5.02 Å². The lowest BCUT2D eigenvalue weighted by Crippen LogP contribution is -2.34. The Labute approximate surface area is 170 Å². The first-order valence-corrected chi connectivity index (χ1v) is 9.66. The number of nitrogens with zero attached hydrogens (tertiary/aromatic N) is 1. The molecular weight excluding hydrogens is 382 g/mol. The van der Waals surface area contributed by atoms with E-state index in [0.717, 1.165) is 24.5 Å². The smallest absolute Gasteiger partial charge is 0.257 e. The molecule has 5 nitrogen and oxygen atoms in total. The predicted octanol–water partition coefficient (Wildman–Crippen LogP) is 4.71. The number of ether oxygens (including phenoxy) is 1. The molecule has 2 rings (SSSR count). The van der Waals surface area contributed by atoms with Crippen LogP contribution in [0.3, 0.4) is 0 Å². The number of anilines is 2. The lowest BCUT2D eigenvalue weighted by atomic mass is 10.2. The van der Waals surface area contributed by atoms with Crippen LogP contribution in [0.5, 0.6) is 5.75 Å². The molecule has 0 bridgehead atoms. The molecule has 0 heterocycles. The molecule has 0 spiro atoms. The van der Waals surface area contributed by atoms with Crippen LogP contribution in [0.1, 0.15) is 31.1 Å². The van der Waals surface area contributed by atoms with Crippen molar-refractivity contribution in [3.05, 3.63) is 53.1 Å². The highest BCUT2D eigenvalue weighted by atomic mass is 35.5. The Kier molecular flexibility index (Phi) is 7.88. The van der Waals surface area contributed by atoms with E-state index in [9.17, 15) is 4.79 Å². The van der Waals surface area contributed by atoms with Gasteiger partial charge in [0.1, 0.15) is 5.75 Å². The van der Waals surface area contributed by atoms with E-state index in [4.69, 9.17) is 28.6 Å². The summed E-state index contributed by atoms with van der Waals surface area (Å²) in [6.07, 6.45) is 0. The summed E-state index contributed by atoms with van der Waals surface area (Å²) in [4.78, 5) is 14.6. The molecule has 2 aromatic rings. The number of benzene rings is 2. The van der Waals surface area contributed by atoms with Gasteiger partial charge in [-0.3, -0.25) is 10.1 Å². The second-order valence-corrected chi connectivity index (χ2v) is 6.52. The minimum atomic E-state index is -0.336. The molecule has 2 N–H and O–H groups in total. The number of carbonyl (C=O) groups is 1. The summed E-state index contributed by atoms with van der Waals surface area (Å²) in [5.74, 6) is 0.210. The highest BCUT2D eigenvalue weighted by Crippen LogP contribution is 2.25. The van der Waals surface area contributed by atoms with Gasteiger partial charge < -0.3 is 15.0 Å². The van der Waals surface area contributed by atoms with Crippen LogP contribution in [0, 0.1) is 0 Å². The first kappa shape index (κ1) is 21.0. The maximum absolute atomic E-state index is 12.3. The fourth-order valence-electron chi connectivity index (χ4n) is 2.60. The Morgan fingerprint density at radius 2 is 1.78 bits per heavy atom. The summed E-state index contributed by atoms with van der Waals surface area (Å²) in [6, 6.07) is 12.8. The van der Waals surface area contributed by atoms with Gasteiger partial charge in [-0.2, -0.15) is 0 Å². The van der Waals surface area contributed by atoms with Gasteiger partial charge >= 0.3 is 0 Å². The van der Waals surface area contributed by atoms with Gasteiger partial charge in [0.2, 0.25) is 0 Å². The van der Waals surface area contributed by atoms with Crippen molar-refractivity contribution < 1.29 is 9.53 Å². The van der Waals surface area contributed by atoms with Gasteiger partial charge in [-0.15, -0.1) is 0 Å². The predicted molar refractivity (Wildman–Crippen MR) is 116 cm³/mol. The third-order valence-electron chi connectivity index (χ3n) is 3.97. The number of halogens is 1. The summed E-state index contributed by atoms with van der Waals surface area (Å²) in [7, 11) is 0. The van der Waals surface area contributed by atoms with E-state index >= 15 is 0 Å². The number of nitrogens with one attached hydrogen (secondary N) is 2. The van der Waals surface area contributed by atoms with E-state index in [1.165, 1.54) is 0 Å². The summed E-state index contributed by atoms with van der Waals surface area (Å²) >= 11 is 11.4. The van der Waals surface area contributed by atoms with Crippen molar-refractivity contribution in [3.63, 3.8) is 0 Å². The molecule has 0 fully saturated rings. The fourth-order valence-corrected chi connectivity index (χ4v) is 3.04. The molecular formula is C20H24ClN3O2S. The SMILES string of the molecule is CCOc1ccc(C(=O)NC(=S)Nc2ccc(N(CC)CC)cc2)cc1Cl. The molecule has 0 saturated heterocycles. The second-order valence-electron chi connectivity index (χ2n) is 5.71. The van der Waals surface area contributed by atoms with E-state index in [-0.39, 0.29) is 11.0 Å². The van der Waals surface area contributed by atoms with Gasteiger partial charge in [0.25, 0.3) is 5.91 Å². The van der Waals surface area contributed by atoms with E-state index in [1.54, 1.807) is 18.2 Å². The maximum Gasteiger partial charge on any atom is 0.257 e. The van der Waals surface area contributed by atoms with E-state index < -0.39 is 0 Å². The number of hydrogen-bond donors (Lipinski definition) is 2. The summed E-state index contributed by atoms with van der Waals surface area (Å²) < 4.78 is 5.37. The molecule has 0 radical (unpaired) electrons. The Balaban J connectivity index is 1.97. The number of rotatable bonds is 7. The van der Waals surface area contributed by atoms with Crippen molar-refractivity contribution >= 4 is 46.2 Å². The maximum atomic E-state index is 12.3. The number of carbonyl (C=O) groups excluding carboxylic acids is 1. The number of thiocarbonyl (C=S) groups is 1. The standard InChI is InChI=1S/C20H24ClN3O2S/c1-4-24(5-2)16-10-8-15(9-11-16)22-20(27)23-19(25)14-7-12-18(26-6-3)17(21)13-14/h7-13H,4-6H2,1-3H3,(H2,22,23,25,27). The highest BCUT2D eigenvalue weighted by Gasteiger charge is 2.11. The lowest BCUT2D eigenvalue weighted by Gasteiger charge is -2.21. The third kappa shape index (κ3) is 5.84. The van der Waals surface area contributed by atoms with Crippen LogP contribution < -0.4 is 20.3 Å². The van der Waals surface area contributed by atoms with Crippen LogP contribution in [0.25, 0.3) is 0 Å². The quantitative estimate of drug-likeness (QED) is 0.653. The molecule has 1 amide bonds. The molecule has 0 aliphatic rings.